The van der Waals surface area contributed by atoms with Gasteiger partial charge in [-0.05, 0) is 18.2 Å². The number of nitrogens with one attached hydrogen (secondary N) is 1. The lowest BCUT2D eigenvalue weighted by Gasteiger charge is -2.10. The first kappa shape index (κ1) is 10.7. The second-order valence-corrected chi connectivity index (χ2v) is 3.16. The average molecular weight is 210 g/mol. The van der Waals surface area contributed by atoms with Crippen LogP contribution in [-0.2, 0) is 0 Å². The van der Waals surface area contributed by atoms with Crippen molar-refractivity contribution in [1.82, 2.24) is 0 Å². The minimum Gasteiger partial charge on any atom is -0.495 e. The third-order valence-electron chi connectivity index (χ3n) is 1.75. The minimum atomic E-state index is 0.675. The molecular weight excluding hydrogens is 198 g/mol. The van der Waals surface area contributed by atoms with Gasteiger partial charge in [-0.3, -0.25) is 0 Å². The van der Waals surface area contributed by atoms with Gasteiger partial charge in [0.1, 0.15) is 5.75 Å². The van der Waals surface area contributed by atoms with Crippen molar-refractivity contribution >= 4 is 17.3 Å². The molecule has 0 aliphatic heterocycles. The van der Waals surface area contributed by atoms with Crippen LogP contribution in [0, 0.1) is 12.3 Å². The number of hydrogen-bond donors (Lipinski definition) is 1. The molecule has 3 heteroatoms. The fraction of sp³-hybridized carbons (Fsp3) is 0.273. The summed E-state index contributed by atoms with van der Waals surface area (Å²) in [5.74, 6) is 3.32. The number of rotatable bonds is 4. The second kappa shape index (κ2) is 5.41. The van der Waals surface area contributed by atoms with Gasteiger partial charge in [0.15, 0.2) is 0 Å². The Kier molecular flexibility index (Phi) is 4.15. The number of terminal acetylenes is 1. The number of anilines is 1. The Morgan fingerprint density at radius 3 is 3.00 bits per heavy atom. The van der Waals surface area contributed by atoms with Crippen molar-refractivity contribution in [3.8, 4) is 18.1 Å². The number of hydrogen-bond acceptors (Lipinski definition) is 2. The van der Waals surface area contributed by atoms with Gasteiger partial charge in [0.25, 0.3) is 0 Å². The Hall–Kier alpha value is -1.33. The normalized spacial score (nSPS) is 9.21. The Morgan fingerprint density at radius 2 is 2.36 bits per heavy atom. The highest BCUT2D eigenvalue weighted by Gasteiger charge is 2.01. The van der Waals surface area contributed by atoms with Crippen LogP contribution < -0.4 is 10.1 Å². The molecule has 0 saturated heterocycles. The van der Waals surface area contributed by atoms with Crippen LogP contribution in [0.5, 0.6) is 5.75 Å². The summed E-state index contributed by atoms with van der Waals surface area (Å²) in [4.78, 5) is 0. The Morgan fingerprint density at radius 1 is 1.57 bits per heavy atom. The molecular formula is C11H12ClNO. The minimum absolute atomic E-state index is 0.675. The summed E-state index contributed by atoms with van der Waals surface area (Å²) < 4.78 is 5.16. The molecule has 0 aliphatic carbocycles. The first-order valence-electron chi connectivity index (χ1n) is 4.29. The van der Waals surface area contributed by atoms with E-state index in [1.165, 1.54) is 0 Å². The molecule has 0 spiro atoms. The van der Waals surface area contributed by atoms with Crippen LogP contribution >= 0.6 is 11.6 Å². The van der Waals surface area contributed by atoms with E-state index in [0.29, 0.717) is 18.0 Å². The highest BCUT2D eigenvalue weighted by Crippen LogP contribution is 2.27. The Balaban J connectivity index is 2.73. The summed E-state index contributed by atoms with van der Waals surface area (Å²) in [5, 5.41) is 3.83. The molecule has 1 aromatic rings. The van der Waals surface area contributed by atoms with E-state index in [9.17, 15) is 0 Å². The molecule has 0 heterocycles. The Bertz CT molecular complexity index is 344. The summed E-state index contributed by atoms with van der Waals surface area (Å²) in [5.41, 5.74) is 0.871. The maximum absolute atomic E-state index is 5.85. The number of halogens is 1. The molecule has 0 aliphatic rings. The van der Waals surface area contributed by atoms with E-state index in [1.807, 2.05) is 12.1 Å². The molecule has 1 aromatic carbocycles. The third kappa shape index (κ3) is 2.86. The van der Waals surface area contributed by atoms with E-state index in [4.69, 9.17) is 22.8 Å². The van der Waals surface area contributed by atoms with E-state index in [1.54, 1.807) is 13.2 Å². The summed E-state index contributed by atoms with van der Waals surface area (Å²) >= 11 is 5.85. The van der Waals surface area contributed by atoms with Gasteiger partial charge in [-0.1, -0.05) is 11.6 Å². The fourth-order valence-electron chi connectivity index (χ4n) is 1.09. The monoisotopic (exact) mass is 209 g/mol. The average Bonchev–Trinajstić information content (AvgIpc) is 2.19. The van der Waals surface area contributed by atoms with E-state index >= 15 is 0 Å². The van der Waals surface area contributed by atoms with Gasteiger partial charge < -0.3 is 10.1 Å². The molecule has 0 atom stereocenters. The van der Waals surface area contributed by atoms with Gasteiger partial charge in [-0.2, -0.15) is 0 Å². The van der Waals surface area contributed by atoms with Crippen LogP contribution in [-0.4, -0.2) is 13.7 Å². The largest absolute Gasteiger partial charge is 0.495 e. The molecule has 0 unspecified atom stereocenters. The predicted octanol–water partition coefficient (Wildman–Crippen LogP) is 2.78. The topological polar surface area (TPSA) is 21.3 Å². The first-order valence-corrected chi connectivity index (χ1v) is 4.66. The lowest BCUT2D eigenvalue weighted by atomic mass is 10.3. The number of benzene rings is 1. The van der Waals surface area contributed by atoms with Crippen LogP contribution in [0.25, 0.3) is 0 Å². The summed E-state index contributed by atoms with van der Waals surface area (Å²) in [6, 6.07) is 5.42. The van der Waals surface area contributed by atoms with E-state index in [-0.39, 0.29) is 0 Å². The standard InChI is InChI=1S/C11H12ClNO/c1-3-4-7-13-10-8-9(12)5-6-11(10)14-2/h1,5-6,8,13H,4,7H2,2H3. The van der Waals surface area contributed by atoms with Crippen LogP contribution in [0.4, 0.5) is 5.69 Å². The van der Waals surface area contributed by atoms with Crippen molar-refractivity contribution in [3.63, 3.8) is 0 Å². The van der Waals surface area contributed by atoms with Crippen molar-refractivity contribution in [2.75, 3.05) is 19.0 Å². The zero-order chi connectivity index (χ0) is 10.4. The molecule has 0 aromatic heterocycles. The molecule has 1 N–H and O–H groups in total. The Labute approximate surface area is 89.2 Å². The molecule has 0 fully saturated rings. The van der Waals surface area contributed by atoms with Gasteiger partial charge in [0.2, 0.25) is 0 Å². The van der Waals surface area contributed by atoms with Crippen LogP contribution in [0.3, 0.4) is 0 Å². The molecule has 14 heavy (non-hydrogen) atoms. The predicted molar refractivity (Wildman–Crippen MR) is 59.9 cm³/mol. The van der Waals surface area contributed by atoms with Gasteiger partial charge in [0, 0.05) is 18.0 Å². The van der Waals surface area contributed by atoms with Gasteiger partial charge in [-0.15, -0.1) is 12.3 Å². The van der Waals surface area contributed by atoms with Crippen molar-refractivity contribution in [2.45, 2.75) is 6.42 Å². The SMILES string of the molecule is C#CCCNc1cc(Cl)ccc1OC. The van der Waals surface area contributed by atoms with Gasteiger partial charge in [0.05, 0.1) is 12.8 Å². The number of ether oxygens (including phenoxy) is 1. The zero-order valence-electron chi connectivity index (χ0n) is 8.01. The van der Waals surface area contributed by atoms with E-state index < -0.39 is 0 Å². The summed E-state index contributed by atoms with van der Waals surface area (Å²) in [7, 11) is 1.62. The van der Waals surface area contributed by atoms with Gasteiger partial charge in [-0.25, -0.2) is 0 Å². The molecule has 2 nitrogen and oxygen atoms in total. The second-order valence-electron chi connectivity index (χ2n) is 2.73. The zero-order valence-corrected chi connectivity index (χ0v) is 8.77. The van der Waals surface area contributed by atoms with Crippen molar-refractivity contribution in [2.24, 2.45) is 0 Å². The fourth-order valence-corrected chi connectivity index (χ4v) is 1.26. The lowest BCUT2D eigenvalue weighted by Crippen LogP contribution is -2.02. The van der Waals surface area contributed by atoms with E-state index in [2.05, 4.69) is 11.2 Å². The van der Waals surface area contributed by atoms with Crippen molar-refractivity contribution in [3.05, 3.63) is 23.2 Å². The number of methoxy groups -OCH3 is 1. The molecule has 74 valence electrons. The van der Waals surface area contributed by atoms with E-state index in [0.717, 1.165) is 11.4 Å². The molecule has 0 saturated carbocycles. The summed E-state index contributed by atoms with van der Waals surface area (Å²) in [6.45, 7) is 0.715. The molecule has 0 radical (unpaired) electrons. The van der Waals surface area contributed by atoms with Gasteiger partial charge >= 0.3 is 0 Å². The summed E-state index contributed by atoms with van der Waals surface area (Å²) in [6.07, 6.45) is 5.82. The molecule has 0 bridgehead atoms. The van der Waals surface area contributed by atoms with Crippen LogP contribution in [0.2, 0.25) is 5.02 Å². The molecule has 1 rings (SSSR count). The quantitative estimate of drug-likeness (QED) is 0.608. The molecule has 0 amide bonds. The highest BCUT2D eigenvalue weighted by atomic mass is 35.5. The lowest BCUT2D eigenvalue weighted by molar-refractivity contribution is 0.416. The maximum atomic E-state index is 5.85. The van der Waals surface area contributed by atoms with Crippen molar-refractivity contribution in [1.29, 1.82) is 0 Å². The van der Waals surface area contributed by atoms with Crippen LogP contribution in [0.15, 0.2) is 18.2 Å². The van der Waals surface area contributed by atoms with Crippen LogP contribution in [0.1, 0.15) is 6.42 Å². The first-order chi connectivity index (χ1) is 6.77. The maximum Gasteiger partial charge on any atom is 0.142 e. The third-order valence-corrected chi connectivity index (χ3v) is 1.98. The van der Waals surface area contributed by atoms with Crippen molar-refractivity contribution < 1.29 is 4.74 Å². The highest BCUT2D eigenvalue weighted by molar-refractivity contribution is 6.30. The smallest absolute Gasteiger partial charge is 0.142 e.